The number of thiophene rings is 1. The molecule has 0 amide bonds. The molecular weight excluding hydrogens is 200 g/mol. The molecule has 0 aliphatic heterocycles. The van der Waals surface area contributed by atoms with E-state index in [1.165, 1.54) is 4.88 Å². The molecule has 0 N–H and O–H groups in total. The Balaban J connectivity index is 2.18. The molecule has 0 bridgehead atoms. The molecule has 1 aromatic carbocycles. The van der Waals surface area contributed by atoms with Crippen LogP contribution < -0.4 is 0 Å². The molecule has 74 valence electrons. The van der Waals surface area contributed by atoms with E-state index in [1.54, 1.807) is 11.3 Å². The molecule has 0 aliphatic carbocycles. The van der Waals surface area contributed by atoms with Crippen LogP contribution in [0, 0.1) is 11.8 Å². The van der Waals surface area contributed by atoms with Crippen molar-refractivity contribution in [2.75, 3.05) is 0 Å². The van der Waals surface area contributed by atoms with Crippen molar-refractivity contribution in [3.63, 3.8) is 0 Å². The normalized spacial score (nSPS) is 9.40. The van der Waals surface area contributed by atoms with Crippen LogP contribution in [0.5, 0.6) is 0 Å². The minimum Gasteiger partial charge on any atom is -0.148 e. The highest BCUT2D eigenvalue weighted by atomic mass is 32.1. The van der Waals surface area contributed by atoms with Gasteiger partial charge in [0.15, 0.2) is 0 Å². The third kappa shape index (κ3) is 2.71. The molecule has 0 radical (unpaired) electrons. The zero-order chi connectivity index (χ0) is 10.5. The van der Waals surface area contributed by atoms with Gasteiger partial charge in [0.1, 0.15) is 0 Å². The Kier molecular flexibility index (Phi) is 3.22. The number of hydrogen-bond donors (Lipinski definition) is 0. The van der Waals surface area contributed by atoms with Crippen LogP contribution in [-0.2, 0) is 6.42 Å². The average Bonchev–Trinajstić information content (AvgIpc) is 2.76. The molecule has 1 aromatic heterocycles. The Labute approximate surface area is 94.6 Å². The number of aryl methyl sites for hydroxylation is 1. The highest BCUT2D eigenvalue weighted by Crippen LogP contribution is 2.14. The minimum atomic E-state index is 1.07. The predicted molar refractivity (Wildman–Crippen MR) is 66.1 cm³/mol. The summed E-state index contributed by atoms with van der Waals surface area (Å²) < 4.78 is 0. The predicted octanol–water partition coefficient (Wildman–Crippen LogP) is 3.71. The van der Waals surface area contributed by atoms with Crippen molar-refractivity contribution in [3.8, 4) is 11.8 Å². The van der Waals surface area contributed by atoms with E-state index in [2.05, 4.69) is 30.2 Å². The first-order valence-corrected chi connectivity index (χ1v) is 5.91. The molecule has 0 unspecified atom stereocenters. The van der Waals surface area contributed by atoms with Gasteiger partial charge in [-0.1, -0.05) is 37.0 Å². The highest BCUT2D eigenvalue weighted by molar-refractivity contribution is 7.10. The maximum atomic E-state index is 3.18. The lowest BCUT2D eigenvalue weighted by Crippen LogP contribution is -1.72. The zero-order valence-corrected chi connectivity index (χ0v) is 9.47. The van der Waals surface area contributed by atoms with Gasteiger partial charge in [0, 0.05) is 21.4 Å². The molecule has 0 fully saturated rings. The van der Waals surface area contributed by atoms with E-state index in [0.29, 0.717) is 0 Å². The largest absolute Gasteiger partial charge is 0.148 e. The third-order valence-electron chi connectivity index (χ3n) is 2.13. The van der Waals surface area contributed by atoms with E-state index in [1.807, 2.05) is 30.3 Å². The smallest absolute Gasteiger partial charge is 0.0358 e. The summed E-state index contributed by atoms with van der Waals surface area (Å²) in [5.74, 6) is 6.33. The first kappa shape index (κ1) is 10.0. The molecule has 1 heteroatoms. The van der Waals surface area contributed by atoms with Crippen molar-refractivity contribution in [1.29, 1.82) is 0 Å². The summed E-state index contributed by atoms with van der Waals surface area (Å²) >= 11 is 1.78. The standard InChI is InChI=1S/C14H12S/c1-2-14-10-13(11-15-14)9-8-12-6-4-3-5-7-12/h3-7,10-11H,2H2,1H3. The van der Waals surface area contributed by atoms with E-state index in [4.69, 9.17) is 0 Å². The van der Waals surface area contributed by atoms with E-state index >= 15 is 0 Å². The van der Waals surface area contributed by atoms with Gasteiger partial charge in [-0.25, -0.2) is 0 Å². The van der Waals surface area contributed by atoms with Crippen LogP contribution in [0.1, 0.15) is 22.9 Å². The fourth-order valence-electron chi connectivity index (χ4n) is 1.30. The summed E-state index contributed by atoms with van der Waals surface area (Å²) in [6.07, 6.45) is 1.09. The summed E-state index contributed by atoms with van der Waals surface area (Å²) in [4.78, 5) is 1.40. The van der Waals surface area contributed by atoms with Gasteiger partial charge >= 0.3 is 0 Å². The van der Waals surface area contributed by atoms with E-state index < -0.39 is 0 Å². The van der Waals surface area contributed by atoms with E-state index in [9.17, 15) is 0 Å². The zero-order valence-electron chi connectivity index (χ0n) is 8.66. The Morgan fingerprint density at radius 3 is 2.47 bits per heavy atom. The van der Waals surface area contributed by atoms with Gasteiger partial charge in [-0.15, -0.1) is 11.3 Å². The van der Waals surface area contributed by atoms with Gasteiger partial charge in [-0.3, -0.25) is 0 Å². The molecule has 0 nitrogen and oxygen atoms in total. The molecule has 15 heavy (non-hydrogen) atoms. The van der Waals surface area contributed by atoms with Gasteiger partial charge in [-0.05, 0) is 24.6 Å². The Morgan fingerprint density at radius 2 is 1.80 bits per heavy atom. The van der Waals surface area contributed by atoms with Gasteiger partial charge in [0.2, 0.25) is 0 Å². The van der Waals surface area contributed by atoms with Crippen LogP contribution in [0.3, 0.4) is 0 Å². The minimum absolute atomic E-state index is 1.07. The molecule has 0 saturated heterocycles. The highest BCUT2D eigenvalue weighted by Gasteiger charge is 1.93. The lowest BCUT2D eigenvalue weighted by Gasteiger charge is -1.85. The van der Waals surface area contributed by atoms with E-state index in [-0.39, 0.29) is 0 Å². The lowest BCUT2D eigenvalue weighted by molar-refractivity contribution is 1.19. The summed E-state index contributed by atoms with van der Waals surface area (Å²) in [7, 11) is 0. The van der Waals surface area contributed by atoms with Crippen LogP contribution >= 0.6 is 11.3 Å². The molecule has 2 rings (SSSR count). The number of benzene rings is 1. The Bertz CT molecular complexity index is 483. The van der Waals surface area contributed by atoms with Crippen molar-refractivity contribution in [3.05, 3.63) is 57.8 Å². The molecule has 0 spiro atoms. The first-order chi connectivity index (χ1) is 7.38. The first-order valence-electron chi connectivity index (χ1n) is 5.03. The Morgan fingerprint density at radius 1 is 1.07 bits per heavy atom. The molecular formula is C14H12S. The lowest BCUT2D eigenvalue weighted by atomic mass is 10.2. The van der Waals surface area contributed by atoms with Gasteiger partial charge in [-0.2, -0.15) is 0 Å². The van der Waals surface area contributed by atoms with Crippen molar-refractivity contribution in [2.24, 2.45) is 0 Å². The van der Waals surface area contributed by atoms with E-state index in [0.717, 1.165) is 17.5 Å². The monoisotopic (exact) mass is 212 g/mol. The molecule has 2 aromatic rings. The topological polar surface area (TPSA) is 0 Å². The van der Waals surface area contributed by atoms with Crippen LogP contribution in [0.2, 0.25) is 0 Å². The van der Waals surface area contributed by atoms with Crippen molar-refractivity contribution in [1.82, 2.24) is 0 Å². The van der Waals surface area contributed by atoms with Crippen LogP contribution in [0.4, 0.5) is 0 Å². The maximum absolute atomic E-state index is 3.18. The van der Waals surface area contributed by atoms with Crippen LogP contribution in [-0.4, -0.2) is 0 Å². The van der Waals surface area contributed by atoms with Gasteiger partial charge < -0.3 is 0 Å². The molecule has 1 heterocycles. The quantitative estimate of drug-likeness (QED) is 0.632. The number of rotatable bonds is 1. The second-order valence-electron chi connectivity index (χ2n) is 3.27. The number of hydrogen-bond acceptors (Lipinski definition) is 1. The fourth-order valence-corrected chi connectivity index (χ4v) is 2.06. The Hall–Kier alpha value is -1.52. The molecule has 0 atom stereocenters. The van der Waals surface area contributed by atoms with Crippen molar-refractivity contribution < 1.29 is 0 Å². The molecule has 0 saturated carbocycles. The summed E-state index contributed by atoms with van der Waals surface area (Å²) in [5, 5.41) is 2.12. The SMILES string of the molecule is CCc1cc(C#Cc2ccccc2)cs1. The molecule has 0 aliphatic rings. The second-order valence-corrected chi connectivity index (χ2v) is 4.27. The average molecular weight is 212 g/mol. The summed E-state index contributed by atoms with van der Waals surface area (Å²) in [6, 6.07) is 12.2. The van der Waals surface area contributed by atoms with Gasteiger partial charge in [0.05, 0.1) is 0 Å². The fraction of sp³-hybridized carbons (Fsp3) is 0.143. The third-order valence-corrected chi connectivity index (χ3v) is 3.21. The van der Waals surface area contributed by atoms with Gasteiger partial charge in [0.25, 0.3) is 0 Å². The van der Waals surface area contributed by atoms with Crippen molar-refractivity contribution >= 4 is 11.3 Å². The second kappa shape index (κ2) is 4.82. The van der Waals surface area contributed by atoms with Crippen molar-refractivity contribution in [2.45, 2.75) is 13.3 Å². The summed E-state index contributed by atoms with van der Waals surface area (Å²) in [6.45, 7) is 2.17. The summed E-state index contributed by atoms with van der Waals surface area (Å²) in [5.41, 5.74) is 2.20. The van der Waals surface area contributed by atoms with Crippen LogP contribution in [0.15, 0.2) is 41.8 Å². The maximum Gasteiger partial charge on any atom is 0.0358 e. The van der Waals surface area contributed by atoms with Crippen LogP contribution in [0.25, 0.3) is 0 Å².